The highest BCUT2D eigenvalue weighted by Crippen LogP contribution is 2.24. The number of amides is 3. The first kappa shape index (κ1) is 25.3. The van der Waals surface area contributed by atoms with Gasteiger partial charge in [-0.25, -0.2) is 0 Å². The minimum Gasteiger partial charge on any atom is -0.481 e. The van der Waals surface area contributed by atoms with E-state index in [2.05, 4.69) is 10.6 Å². The molecule has 0 bridgehead atoms. The van der Waals surface area contributed by atoms with Crippen LogP contribution in [0, 0.1) is 7.14 Å². The molecule has 0 radical (unpaired) electrons. The molecule has 0 saturated carbocycles. The van der Waals surface area contributed by atoms with Crippen LogP contribution in [-0.2, 0) is 19.2 Å². The summed E-state index contributed by atoms with van der Waals surface area (Å²) < 4.78 is 1.44. The van der Waals surface area contributed by atoms with E-state index in [0.29, 0.717) is 36.9 Å². The zero-order chi connectivity index (χ0) is 23.3. The number of nitrogens with one attached hydrogen (secondary N) is 2. The van der Waals surface area contributed by atoms with Crippen molar-refractivity contribution in [2.24, 2.45) is 0 Å². The van der Waals surface area contributed by atoms with Crippen LogP contribution in [0.4, 0.5) is 5.69 Å². The molecule has 1 heterocycles. The monoisotopic (exact) mass is 656 g/mol. The number of hydrogen-bond donors (Lipinski definition) is 4. The number of carboxylic acid groups (broad SMARTS) is 1. The molecule has 1 aliphatic rings. The van der Waals surface area contributed by atoms with Gasteiger partial charge in [-0.3, -0.25) is 19.2 Å². The number of anilines is 1. The Labute approximate surface area is 205 Å². The molecule has 0 spiro atoms. The molecule has 1 saturated heterocycles. The fourth-order valence-electron chi connectivity index (χ4n) is 3.21. The van der Waals surface area contributed by atoms with Crippen molar-refractivity contribution < 1.29 is 29.1 Å². The number of aldehydes is 1. The maximum absolute atomic E-state index is 12.9. The van der Waals surface area contributed by atoms with E-state index in [4.69, 9.17) is 10.8 Å². The van der Waals surface area contributed by atoms with Crippen molar-refractivity contribution in [1.29, 1.82) is 0 Å². The summed E-state index contributed by atoms with van der Waals surface area (Å²) in [6.45, 7) is 1.85. The molecular formula is C19H22I2N4O6. The van der Waals surface area contributed by atoms with E-state index in [-0.39, 0.29) is 0 Å². The first-order valence-electron chi connectivity index (χ1n) is 9.38. The van der Waals surface area contributed by atoms with Crippen molar-refractivity contribution in [2.45, 2.75) is 44.3 Å². The number of hydrogen-bond acceptors (Lipinski definition) is 6. The Morgan fingerprint density at radius 1 is 1.26 bits per heavy atom. The van der Waals surface area contributed by atoms with E-state index >= 15 is 0 Å². The first-order valence-corrected chi connectivity index (χ1v) is 11.5. The molecule has 3 atom stereocenters. The van der Waals surface area contributed by atoms with Crippen LogP contribution in [0.2, 0.25) is 0 Å². The van der Waals surface area contributed by atoms with Gasteiger partial charge in [-0.2, -0.15) is 0 Å². The summed E-state index contributed by atoms with van der Waals surface area (Å²) in [6.07, 6.45) is 0.766. The third-order valence-corrected chi connectivity index (χ3v) is 6.57. The lowest BCUT2D eigenvalue weighted by Crippen LogP contribution is -2.54. The quantitative estimate of drug-likeness (QED) is 0.183. The van der Waals surface area contributed by atoms with Gasteiger partial charge in [0.2, 0.25) is 11.8 Å². The van der Waals surface area contributed by atoms with Crippen LogP contribution in [0.1, 0.15) is 36.5 Å². The minimum absolute atomic E-state index is 0.319. The molecular weight excluding hydrogens is 634 g/mol. The van der Waals surface area contributed by atoms with E-state index in [1.165, 1.54) is 11.8 Å². The molecule has 0 aromatic heterocycles. The number of likely N-dealkylation sites (tertiary alicyclic amines) is 1. The Bertz CT molecular complexity index is 886. The molecule has 31 heavy (non-hydrogen) atoms. The summed E-state index contributed by atoms with van der Waals surface area (Å²) in [5.41, 5.74) is 6.83. The van der Waals surface area contributed by atoms with Crippen LogP contribution in [0.15, 0.2) is 12.1 Å². The van der Waals surface area contributed by atoms with E-state index in [1.54, 1.807) is 12.1 Å². The Kier molecular flexibility index (Phi) is 9.02. The summed E-state index contributed by atoms with van der Waals surface area (Å²) in [7, 11) is 0. The van der Waals surface area contributed by atoms with Crippen LogP contribution >= 0.6 is 45.2 Å². The maximum Gasteiger partial charge on any atom is 0.305 e. The van der Waals surface area contributed by atoms with Gasteiger partial charge < -0.3 is 31.2 Å². The SMILES string of the molecule is C[C@H](NC(=O)c1cc(I)c(N)c(I)c1)C(=O)N1CCC[C@H]1C(=O)N[C@H](C=O)CC(=O)O. The molecule has 3 amide bonds. The van der Waals surface area contributed by atoms with Crippen molar-refractivity contribution >= 4 is 80.8 Å². The number of carboxylic acids is 1. The average molecular weight is 656 g/mol. The van der Waals surface area contributed by atoms with Crippen LogP contribution in [0.3, 0.4) is 0 Å². The van der Waals surface area contributed by atoms with E-state index < -0.39 is 48.2 Å². The fraction of sp³-hybridized carbons (Fsp3) is 0.421. The van der Waals surface area contributed by atoms with E-state index in [9.17, 15) is 24.0 Å². The van der Waals surface area contributed by atoms with Gasteiger partial charge in [0, 0.05) is 19.2 Å². The second-order valence-electron chi connectivity index (χ2n) is 7.09. The van der Waals surface area contributed by atoms with Crippen LogP contribution < -0.4 is 16.4 Å². The van der Waals surface area contributed by atoms with Crippen LogP contribution in [-0.4, -0.2) is 64.7 Å². The van der Waals surface area contributed by atoms with Crippen molar-refractivity contribution in [1.82, 2.24) is 15.5 Å². The lowest BCUT2D eigenvalue weighted by Gasteiger charge is -2.28. The lowest BCUT2D eigenvalue weighted by molar-refractivity contribution is -0.141. The molecule has 1 aromatic carbocycles. The topological polar surface area (TPSA) is 159 Å². The van der Waals surface area contributed by atoms with Gasteiger partial charge in [0.15, 0.2) is 0 Å². The Hall–Kier alpha value is -1.97. The Morgan fingerprint density at radius 3 is 2.42 bits per heavy atom. The molecule has 12 heteroatoms. The molecule has 0 unspecified atom stereocenters. The van der Waals surface area contributed by atoms with Crippen LogP contribution in [0.5, 0.6) is 0 Å². The Morgan fingerprint density at radius 2 is 1.87 bits per heavy atom. The smallest absolute Gasteiger partial charge is 0.305 e. The first-order chi connectivity index (χ1) is 14.5. The van der Waals surface area contributed by atoms with Gasteiger partial charge in [-0.15, -0.1) is 0 Å². The predicted molar refractivity (Wildman–Crippen MR) is 128 cm³/mol. The maximum atomic E-state index is 12.9. The molecule has 168 valence electrons. The van der Waals surface area contributed by atoms with Gasteiger partial charge in [-0.1, -0.05) is 0 Å². The van der Waals surface area contributed by atoms with Gasteiger partial charge >= 0.3 is 5.97 Å². The van der Waals surface area contributed by atoms with E-state index in [1.807, 2.05) is 45.2 Å². The van der Waals surface area contributed by atoms with Crippen molar-refractivity contribution in [2.75, 3.05) is 12.3 Å². The highest BCUT2D eigenvalue weighted by atomic mass is 127. The van der Waals surface area contributed by atoms with Crippen molar-refractivity contribution in [3.05, 3.63) is 24.8 Å². The largest absolute Gasteiger partial charge is 0.481 e. The summed E-state index contributed by atoms with van der Waals surface area (Å²) in [6, 6.07) is 0.351. The molecule has 0 aliphatic carbocycles. The number of nitrogens with two attached hydrogens (primary N) is 1. The second kappa shape index (κ2) is 11.1. The Balaban J connectivity index is 2.05. The molecule has 5 N–H and O–H groups in total. The molecule has 10 nitrogen and oxygen atoms in total. The molecule has 1 aliphatic heterocycles. The van der Waals surface area contributed by atoms with Gasteiger partial charge in [0.25, 0.3) is 5.91 Å². The second-order valence-corrected chi connectivity index (χ2v) is 9.41. The lowest BCUT2D eigenvalue weighted by atomic mass is 10.1. The number of nitrogens with zero attached hydrogens (tertiary/aromatic N) is 1. The van der Waals surface area contributed by atoms with Gasteiger partial charge in [0.1, 0.15) is 18.4 Å². The molecule has 1 aromatic rings. The number of carbonyl (C=O) groups excluding carboxylic acids is 4. The summed E-state index contributed by atoms with van der Waals surface area (Å²) in [5, 5.41) is 13.8. The summed E-state index contributed by atoms with van der Waals surface area (Å²) in [4.78, 5) is 61.2. The number of rotatable bonds is 8. The summed E-state index contributed by atoms with van der Waals surface area (Å²) >= 11 is 4.05. The summed E-state index contributed by atoms with van der Waals surface area (Å²) in [5.74, 6) is -2.70. The third-order valence-electron chi connectivity index (χ3n) is 4.78. The van der Waals surface area contributed by atoms with E-state index in [0.717, 1.165) is 7.14 Å². The number of nitrogen functional groups attached to an aromatic ring is 1. The minimum atomic E-state index is -1.22. The molecule has 1 fully saturated rings. The van der Waals surface area contributed by atoms with Crippen molar-refractivity contribution in [3.8, 4) is 0 Å². The number of halogens is 2. The number of aliphatic carboxylic acids is 1. The third kappa shape index (κ3) is 6.51. The average Bonchev–Trinajstić information content (AvgIpc) is 3.19. The standard InChI is InChI=1S/C19H22I2N4O6/c1-9(23-17(29)10-5-12(20)16(22)13(21)6-10)19(31)25-4-2-3-14(25)18(30)24-11(8-26)7-15(27)28/h5-6,8-9,11,14H,2-4,7,22H2,1H3,(H,23,29)(H,24,30)(H,27,28)/t9-,11-,14-/m0/s1. The normalized spacial score (nSPS) is 17.5. The van der Waals surface area contributed by atoms with Gasteiger partial charge in [0.05, 0.1) is 18.2 Å². The molecule has 2 rings (SSSR count). The number of carbonyl (C=O) groups is 5. The predicted octanol–water partition coefficient (Wildman–Crippen LogP) is 0.746. The van der Waals surface area contributed by atoms with Crippen molar-refractivity contribution in [3.63, 3.8) is 0 Å². The highest BCUT2D eigenvalue weighted by Gasteiger charge is 2.37. The van der Waals surface area contributed by atoms with Gasteiger partial charge in [-0.05, 0) is 77.1 Å². The van der Waals surface area contributed by atoms with Crippen LogP contribution in [0.25, 0.3) is 0 Å². The fourth-order valence-corrected chi connectivity index (χ4v) is 4.98. The highest BCUT2D eigenvalue weighted by molar-refractivity contribution is 14.1. The zero-order valence-electron chi connectivity index (χ0n) is 16.6. The number of benzene rings is 1. The zero-order valence-corrected chi connectivity index (χ0v) is 20.9.